The first kappa shape index (κ1) is 15.9. The van der Waals surface area contributed by atoms with E-state index >= 15 is 0 Å². The molecule has 0 radical (unpaired) electrons. The second kappa shape index (κ2) is 6.99. The molecular weight excluding hydrogens is 266 g/mol. The highest BCUT2D eigenvalue weighted by atomic mass is 32.1. The summed E-state index contributed by atoms with van der Waals surface area (Å²) in [4.78, 5) is 0. The lowest BCUT2D eigenvalue weighted by atomic mass is 9.79. The Morgan fingerprint density at radius 2 is 1.80 bits per heavy atom. The van der Waals surface area contributed by atoms with Crippen LogP contribution in [-0.4, -0.2) is 16.7 Å². The number of nitrogens with one attached hydrogen (secondary N) is 1. The Labute approximate surface area is 127 Å². The first-order valence-electron chi connectivity index (χ1n) is 8.05. The quantitative estimate of drug-likeness (QED) is 0.821. The summed E-state index contributed by atoms with van der Waals surface area (Å²) in [5.41, 5.74) is 0.335. The molecule has 0 atom stereocenters. The molecule has 2 rings (SSSR count). The van der Waals surface area contributed by atoms with Crippen LogP contribution in [0.4, 0.5) is 0 Å². The van der Waals surface area contributed by atoms with Gasteiger partial charge >= 0.3 is 0 Å². The van der Waals surface area contributed by atoms with Gasteiger partial charge in [0, 0.05) is 12.0 Å². The van der Waals surface area contributed by atoms with Crippen molar-refractivity contribution in [3.05, 3.63) is 10.0 Å². The van der Waals surface area contributed by atoms with E-state index in [-0.39, 0.29) is 0 Å². The fourth-order valence-corrected chi connectivity index (χ4v) is 4.41. The van der Waals surface area contributed by atoms with Crippen LogP contribution in [-0.2, 0) is 12.0 Å². The SMILES string of the molecule is CC(C)CNCc1nnc(C2(CC(C)C)CCCC2)s1. The van der Waals surface area contributed by atoms with Gasteiger partial charge in [-0.2, -0.15) is 0 Å². The monoisotopic (exact) mass is 295 g/mol. The van der Waals surface area contributed by atoms with Crippen molar-refractivity contribution in [1.82, 2.24) is 15.5 Å². The van der Waals surface area contributed by atoms with E-state index in [0.29, 0.717) is 11.3 Å². The Hall–Kier alpha value is -0.480. The second-order valence-electron chi connectivity index (χ2n) is 7.11. The van der Waals surface area contributed by atoms with Gasteiger partial charge in [0.1, 0.15) is 10.0 Å². The van der Waals surface area contributed by atoms with Gasteiger partial charge in [-0.3, -0.25) is 0 Å². The Morgan fingerprint density at radius 3 is 2.40 bits per heavy atom. The lowest BCUT2D eigenvalue weighted by Crippen LogP contribution is -2.24. The van der Waals surface area contributed by atoms with Crippen LogP contribution in [0.15, 0.2) is 0 Å². The summed E-state index contributed by atoms with van der Waals surface area (Å²) in [6, 6.07) is 0. The van der Waals surface area contributed by atoms with E-state index in [4.69, 9.17) is 0 Å². The fraction of sp³-hybridized carbons (Fsp3) is 0.875. The molecule has 1 N–H and O–H groups in total. The number of nitrogens with zero attached hydrogens (tertiary/aromatic N) is 2. The Kier molecular flexibility index (Phi) is 5.56. The first-order chi connectivity index (χ1) is 9.52. The Bertz CT molecular complexity index is 406. The van der Waals surface area contributed by atoms with E-state index in [1.807, 2.05) is 11.3 Å². The van der Waals surface area contributed by atoms with Crippen molar-refractivity contribution in [2.24, 2.45) is 11.8 Å². The maximum atomic E-state index is 4.55. The molecule has 3 nitrogen and oxygen atoms in total. The molecular formula is C16H29N3S. The van der Waals surface area contributed by atoms with Gasteiger partial charge in [-0.25, -0.2) is 0 Å². The number of rotatable bonds is 7. The molecule has 1 fully saturated rings. The Morgan fingerprint density at radius 1 is 1.10 bits per heavy atom. The van der Waals surface area contributed by atoms with Crippen molar-refractivity contribution >= 4 is 11.3 Å². The number of hydrogen-bond donors (Lipinski definition) is 1. The van der Waals surface area contributed by atoms with Gasteiger partial charge in [-0.15, -0.1) is 10.2 Å². The summed E-state index contributed by atoms with van der Waals surface area (Å²) in [6.45, 7) is 11.0. The van der Waals surface area contributed by atoms with Crippen LogP contribution in [0.2, 0.25) is 0 Å². The number of aromatic nitrogens is 2. The zero-order chi connectivity index (χ0) is 14.6. The fourth-order valence-electron chi connectivity index (χ4n) is 3.35. The average molecular weight is 295 g/mol. The van der Waals surface area contributed by atoms with Crippen LogP contribution in [0.25, 0.3) is 0 Å². The second-order valence-corrected chi connectivity index (χ2v) is 8.17. The highest BCUT2D eigenvalue weighted by Crippen LogP contribution is 2.46. The van der Waals surface area contributed by atoms with Crippen LogP contribution >= 0.6 is 11.3 Å². The smallest absolute Gasteiger partial charge is 0.131 e. The predicted octanol–water partition coefficient (Wildman–Crippen LogP) is 4.14. The van der Waals surface area contributed by atoms with E-state index in [1.165, 1.54) is 37.1 Å². The van der Waals surface area contributed by atoms with E-state index < -0.39 is 0 Å². The minimum atomic E-state index is 0.335. The third kappa shape index (κ3) is 4.01. The minimum absolute atomic E-state index is 0.335. The van der Waals surface area contributed by atoms with Gasteiger partial charge in [0.15, 0.2) is 0 Å². The molecule has 0 unspecified atom stereocenters. The molecule has 1 heterocycles. The summed E-state index contributed by atoms with van der Waals surface area (Å²) < 4.78 is 0. The zero-order valence-corrected chi connectivity index (χ0v) is 14.2. The molecule has 0 amide bonds. The Balaban J connectivity index is 2.01. The van der Waals surface area contributed by atoms with Crippen molar-refractivity contribution < 1.29 is 0 Å². The van der Waals surface area contributed by atoms with E-state index in [9.17, 15) is 0 Å². The molecule has 1 aromatic heterocycles. The van der Waals surface area contributed by atoms with E-state index in [1.54, 1.807) is 0 Å². The molecule has 0 saturated heterocycles. The van der Waals surface area contributed by atoms with Crippen molar-refractivity contribution in [3.8, 4) is 0 Å². The average Bonchev–Trinajstić information content (AvgIpc) is 2.97. The van der Waals surface area contributed by atoms with E-state index in [2.05, 4.69) is 43.2 Å². The van der Waals surface area contributed by atoms with Gasteiger partial charge in [0.25, 0.3) is 0 Å². The topological polar surface area (TPSA) is 37.8 Å². The molecule has 1 aliphatic rings. The van der Waals surface area contributed by atoms with E-state index in [0.717, 1.165) is 24.0 Å². The van der Waals surface area contributed by atoms with Crippen LogP contribution in [0.3, 0.4) is 0 Å². The number of hydrogen-bond acceptors (Lipinski definition) is 4. The largest absolute Gasteiger partial charge is 0.310 e. The van der Waals surface area contributed by atoms with Crippen molar-refractivity contribution in [2.45, 2.75) is 71.8 Å². The third-order valence-corrected chi connectivity index (χ3v) is 5.28. The van der Waals surface area contributed by atoms with Crippen molar-refractivity contribution in [3.63, 3.8) is 0 Å². The third-order valence-electron chi connectivity index (χ3n) is 4.11. The summed E-state index contributed by atoms with van der Waals surface area (Å²) in [7, 11) is 0. The zero-order valence-electron chi connectivity index (χ0n) is 13.4. The molecule has 114 valence electrons. The van der Waals surface area contributed by atoms with Gasteiger partial charge in [-0.05, 0) is 37.6 Å². The van der Waals surface area contributed by atoms with Crippen molar-refractivity contribution in [2.75, 3.05) is 6.54 Å². The van der Waals surface area contributed by atoms with Gasteiger partial charge < -0.3 is 5.32 Å². The van der Waals surface area contributed by atoms with Crippen LogP contribution in [0, 0.1) is 11.8 Å². The lowest BCUT2D eigenvalue weighted by Gasteiger charge is -2.27. The first-order valence-corrected chi connectivity index (χ1v) is 8.87. The highest BCUT2D eigenvalue weighted by Gasteiger charge is 2.39. The minimum Gasteiger partial charge on any atom is -0.310 e. The maximum Gasteiger partial charge on any atom is 0.131 e. The molecule has 0 aromatic carbocycles. The van der Waals surface area contributed by atoms with Gasteiger partial charge in [0.2, 0.25) is 0 Å². The summed E-state index contributed by atoms with van der Waals surface area (Å²) >= 11 is 1.84. The molecule has 4 heteroatoms. The standard InChI is InChI=1S/C16H29N3S/c1-12(2)9-16(7-5-6-8-16)15-19-18-14(20-15)11-17-10-13(3)4/h12-13,17H,5-11H2,1-4H3. The maximum absolute atomic E-state index is 4.55. The normalized spacial score (nSPS) is 18.3. The molecule has 20 heavy (non-hydrogen) atoms. The van der Waals surface area contributed by atoms with Crippen molar-refractivity contribution in [1.29, 1.82) is 0 Å². The molecule has 0 bridgehead atoms. The summed E-state index contributed by atoms with van der Waals surface area (Å²) in [5, 5.41) is 14.9. The van der Waals surface area contributed by atoms with Crippen LogP contribution < -0.4 is 5.32 Å². The van der Waals surface area contributed by atoms with Crippen LogP contribution in [0.1, 0.15) is 69.8 Å². The predicted molar refractivity (Wildman–Crippen MR) is 86.1 cm³/mol. The van der Waals surface area contributed by atoms with Crippen LogP contribution in [0.5, 0.6) is 0 Å². The van der Waals surface area contributed by atoms with Gasteiger partial charge in [-0.1, -0.05) is 51.9 Å². The molecule has 1 aliphatic carbocycles. The molecule has 0 spiro atoms. The van der Waals surface area contributed by atoms with Gasteiger partial charge in [0.05, 0.1) is 0 Å². The highest BCUT2D eigenvalue weighted by molar-refractivity contribution is 7.11. The molecule has 1 saturated carbocycles. The molecule has 1 aromatic rings. The molecule has 0 aliphatic heterocycles. The lowest BCUT2D eigenvalue weighted by molar-refractivity contribution is 0.343. The summed E-state index contributed by atoms with van der Waals surface area (Å²) in [6.07, 6.45) is 6.58. The summed E-state index contributed by atoms with van der Waals surface area (Å²) in [5.74, 6) is 1.42.